The average molecular weight is 351 g/mol. The monoisotopic (exact) mass is 350 g/mol. The lowest BCUT2D eigenvalue weighted by atomic mass is 9.99. The summed E-state index contributed by atoms with van der Waals surface area (Å²) < 4.78 is 28.0. The molecule has 1 aliphatic heterocycles. The number of hydrogen-bond acceptors (Lipinski definition) is 3. The van der Waals surface area contributed by atoms with E-state index in [0.717, 1.165) is 18.6 Å². The average Bonchev–Trinajstić information content (AvgIpc) is 2.44. The second-order valence-corrected chi connectivity index (χ2v) is 6.91. The largest absolute Gasteiger partial charge is 0.271 e. The highest BCUT2D eigenvalue weighted by molar-refractivity contribution is 9.10. The third-order valence-corrected chi connectivity index (χ3v) is 5.57. The minimum atomic E-state index is -0.527. The van der Waals surface area contributed by atoms with Crippen molar-refractivity contribution in [2.45, 2.75) is 37.0 Å². The van der Waals surface area contributed by atoms with Gasteiger partial charge < -0.3 is 0 Å². The Kier molecular flexibility index (Phi) is 5.62. The molecular formula is C13H17BrF2N2S. The number of benzene rings is 1. The van der Waals surface area contributed by atoms with Crippen LogP contribution >= 0.6 is 27.7 Å². The number of hydrogen-bond donors (Lipinski definition) is 2. The Morgan fingerprint density at radius 2 is 2.21 bits per heavy atom. The van der Waals surface area contributed by atoms with E-state index in [1.165, 1.54) is 18.6 Å². The highest BCUT2D eigenvalue weighted by atomic mass is 79.9. The molecule has 0 amide bonds. The molecule has 6 heteroatoms. The van der Waals surface area contributed by atoms with Crippen molar-refractivity contribution in [3.63, 3.8) is 0 Å². The zero-order chi connectivity index (χ0) is 13.8. The molecule has 3 N–H and O–H groups in total. The van der Waals surface area contributed by atoms with E-state index in [-0.39, 0.29) is 22.5 Å². The zero-order valence-corrected chi connectivity index (χ0v) is 12.9. The van der Waals surface area contributed by atoms with Crippen LogP contribution in [-0.4, -0.2) is 17.0 Å². The van der Waals surface area contributed by atoms with Crippen molar-refractivity contribution in [1.29, 1.82) is 0 Å². The molecule has 106 valence electrons. The zero-order valence-electron chi connectivity index (χ0n) is 10.5. The molecule has 2 atom stereocenters. The third-order valence-electron chi connectivity index (χ3n) is 3.44. The number of nitrogens with one attached hydrogen (secondary N) is 1. The minimum Gasteiger partial charge on any atom is -0.271 e. The van der Waals surface area contributed by atoms with Crippen LogP contribution in [0.5, 0.6) is 0 Å². The Hall–Kier alpha value is -0.170. The molecule has 0 aromatic heterocycles. The van der Waals surface area contributed by atoms with Crippen LogP contribution in [0.4, 0.5) is 8.78 Å². The van der Waals surface area contributed by atoms with Crippen LogP contribution in [0.25, 0.3) is 0 Å². The number of thioether (sulfide) groups is 1. The fourth-order valence-corrected chi connectivity index (χ4v) is 4.14. The lowest BCUT2D eigenvalue weighted by molar-refractivity contribution is 0.450. The summed E-state index contributed by atoms with van der Waals surface area (Å²) in [5.74, 6) is 5.62. The summed E-state index contributed by atoms with van der Waals surface area (Å²) in [6.07, 6.45) is 3.67. The summed E-state index contributed by atoms with van der Waals surface area (Å²) in [6, 6.07) is 2.56. The molecule has 19 heavy (non-hydrogen) atoms. The van der Waals surface area contributed by atoms with E-state index in [0.29, 0.717) is 5.25 Å². The van der Waals surface area contributed by atoms with Gasteiger partial charge in [-0.25, -0.2) is 8.78 Å². The van der Waals surface area contributed by atoms with Gasteiger partial charge in [0.1, 0.15) is 11.6 Å². The first-order valence-corrected chi connectivity index (χ1v) is 8.17. The summed E-state index contributed by atoms with van der Waals surface area (Å²) in [4.78, 5) is 0. The first kappa shape index (κ1) is 15.2. The molecule has 0 aliphatic carbocycles. The molecule has 1 heterocycles. The molecular weight excluding hydrogens is 334 g/mol. The maximum Gasteiger partial charge on any atom is 0.143 e. The van der Waals surface area contributed by atoms with E-state index >= 15 is 0 Å². The van der Waals surface area contributed by atoms with Gasteiger partial charge in [0.2, 0.25) is 0 Å². The van der Waals surface area contributed by atoms with E-state index in [2.05, 4.69) is 21.4 Å². The van der Waals surface area contributed by atoms with Crippen molar-refractivity contribution in [2.24, 2.45) is 5.84 Å². The molecule has 0 bridgehead atoms. The Labute approximate surface area is 124 Å². The molecule has 1 saturated heterocycles. The van der Waals surface area contributed by atoms with Crippen LogP contribution in [0, 0.1) is 11.6 Å². The van der Waals surface area contributed by atoms with Gasteiger partial charge >= 0.3 is 0 Å². The quantitative estimate of drug-likeness (QED) is 0.496. The standard InChI is InChI=1S/C13H17BrF2N2S/c14-9-4-5-10(15)8(13(9)16)7-11(18-17)12-3-1-2-6-19-12/h4-5,11-12,18H,1-3,6-7,17H2. The van der Waals surface area contributed by atoms with E-state index in [1.54, 1.807) is 0 Å². The minimum absolute atomic E-state index is 0.100. The Balaban J connectivity index is 2.15. The summed E-state index contributed by atoms with van der Waals surface area (Å²) in [5, 5.41) is 0.316. The number of nitrogens with two attached hydrogens (primary N) is 1. The Morgan fingerprint density at radius 1 is 1.42 bits per heavy atom. The van der Waals surface area contributed by atoms with Gasteiger partial charge in [0.15, 0.2) is 0 Å². The molecule has 1 aliphatic rings. The molecule has 0 saturated carbocycles. The first-order chi connectivity index (χ1) is 9.13. The number of hydrazine groups is 1. The number of rotatable bonds is 4. The highest BCUT2D eigenvalue weighted by Gasteiger charge is 2.26. The van der Waals surface area contributed by atoms with E-state index in [9.17, 15) is 8.78 Å². The van der Waals surface area contributed by atoms with Crippen LogP contribution in [0.2, 0.25) is 0 Å². The molecule has 1 aromatic carbocycles. The smallest absolute Gasteiger partial charge is 0.143 e. The summed E-state index contributed by atoms with van der Waals surface area (Å²) in [5.41, 5.74) is 2.83. The van der Waals surface area contributed by atoms with Gasteiger partial charge in [0.05, 0.1) is 4.47 Å². The van der Waals surface area contributed by atoms with E-state index in [4.69, 9.17) is 5.84 Å². The number of halogens is 3. The maximum absolute atomic E-state index is 14.0. The highest BCUT2D eigenvalue weighted by Crippen LogP contribution is 2.30. The van der Waals surface area contributed by atoms with Crippen molar-refractivity contribution in [2.75, 3.05) is 5.75 Å². The van der Waals surface area contributed by atoms with Gasteiger partial charge in [-0.05, 0) is 53.1 Å². The van der Waals surface area contributed by atoms with Crippen molar-refractivity contribution in [3.05, 3.63) is 33.8 Å². The Bertz CT molecular complexity index is 439. The maximum atomic E-state index is 14.0. The van der Waals surface area contributed by atoms with Gasteiger partial charge in [0.25, 0.3) is 0 Å². The molecule has 1 aromatic rings. The van der Waals surface area contributed by atoms with Crippen molar-refractivity contribution < 1.29 is 8.78 Å². The Morgan fingerprint density at radius 3 is 2.84 bits per heavy atom. The van der Waals surface area contributed by atoms with Crippen LogP contribution in [-0.2, 0) is 6.42 Å². The molecule has 2 rings (SSSR count). The molecule has 0 spiro atoms. The van der Waals surface area contributed by atoms with Gasteiger partial charge in [-0.1, -0.05) is 6.42 Å². The third kappa shape index (κ3) is 3.68. The van der Waals surface area contributed by atoms with Crippen molar-refractivity contribution in [3.8, 4) is 0 Å². The molecule has 1 fully saturated rings. The lowest BCUT2D eigenvalue weighted by Crippen LogP contribution is -2.45. The van der Waals surface area contributed by atoms with Crippen molar-refractivity contribution in [1.82, 2.24) is 5.43 Å². The van der Waals surface area contributed by atoms with Gasteiger partial charge in [-0.3, -0.25) is 11.3 Å². The fourth-order valence-electron chi connectivity index (χ4n) is 2.36. The fraction of sp³-hybridized carbons (Fsp3) is 0.538. The summed E-state index contributed by atoms with van der Waals surface area (Å²) in [6.45, 7) is 0. The van der Waals surface area contributed by atoms with E-state index < -0.39 is 11.6 Å². The SMILES string of the molecule is NNC(Cc1c(F)ccc(Br)c1F)C1CCCCS1. The van der Waals surface area contributed by atoms with Gasteiger partial charge in [-0.15, -0.1) is 0 Å². The van der Waals surface area contributed by atoms with Crippen molar-refractivity contribution >= 4 is 27.7 Å². The van der Waals surface area contributed by atoms with E-state index in [1.807, 2.05) is 11.8 Å². The van der Waals surface area contributed by atoms with Gasteiger partial charge in [0, 0.05) is 16.9 Å². The lowest BCUT2D eigenvalue weighted by Gasteiger charge is -2.29. The predicted molar refractivity (Wildman–Crippen MR) is 79.0 cm³/mol. The predicted octanol–water partition coefficient (Wildman–Crippen LogP) is 3.39. The normalized spacial score (nSPS) is 21.4. The van der Waals surface area contributed by atoms with Crippen LogP contribution in [0.1, 0.15) is 24.8 Å². The van der Waals surface area contributed by atoms with Gasteiger partial charge in [-0.2, -0.15) is 11.8 Å². The first-order valence-electron chi connectivity index (χ1n) is 6.33. The topological polar surface area (TPSA) is 38.0 Å². The van der Waals surface area contributed by atoms with Crippen LogP contribution in [0.15, 0.2) is 16.6 Å². The molecule has 2 unspecified atom stereocenters. The summed E-state index contributed by atoms with van der Waals surface area (Å²) >= 11 is 4.92. The van der Waals surface area contributed by atoms with Crippen LogP contribution in [0.3, 0.4) is 0 Å². The second kappa shape index (κ2) is 7.02. The molecule has 0 radical (unpaired) electrons. The molecule has 2 nitrogen and oxygen atoms in total. The summed E-state index contributed by atoms with van der Waals surface area (Å²) in [7, 11) is 0. The van der Waals surface area contributed by atoms with Crippen LogP contribution < -0.4 is 11.3 Å². The second-order valence-electron chi connectivity index (χ2n) is 4.70.